The molecule has 252 valence electrons. The molecule has 0 aliphatic rings. The normalized spacial score (nSPS) is 10.7. The van der Waals surface area contributed by atoms with Crippen molar-refractivity contribution >= 4 is 14.5 Å². The van der Waals surface area contributed by atoms with Gasteiger partial charge in [0.1, 0.15) is 0 Å². The number of hydrogen-bond donors (Lipinski definition) is 0. The smallest absolute Gasteiger partial charge is 0.418 e. The second kappa shape index (κ2) is 19.6. The van der Waals surface area contributed by atoms with E-state index in [0.717, 1.165) is 11.1 Å². The summed E-state index contributed by atoms with van der Waals surface area (Å²) in [6.45, 7) is 0. The predicted octanol–water partition coefficient (Wildman–Crippen LogP) is 5.73. The van der Waals surface area contributed by atoms with Crippen molar-refractivity contribution in [1.29, 1.82) is 0 Å². The summed E-state index contributed by atoms with van der Waals surface area (Å²) in [6.07, 6.45) is 21.7. The van der Waals surface area contributed by atoms with Crippen molar-refractivity contribution in [3.05, 3.63) is 134 Å². The van der Waals surface area contributed by atoms with Gasteiger partial charge in [0, 0.05) is 85.5 Å². The van der Waals surface area contributed by atoms with Crippen molar-refractivity contribution in [2.75, 3.05) is 0 Å². The maximum absolute atomic E-state index is 9.75. The van der Waals surface area contributed by atoms with Crippen LogP contribution in [0.5, 0.6) is 0 Å². The number of aromatic nitrogens is 10. The van der Waals surface area contributed by atoms with Gasteiger partial charge in [0.25, 0.3) is 0 Å². The first kappa shape index (κ1) is 40.2. The fourth-order valence-electron chi connectivity index (χ4n) is 3.63. The average Bonchev–Trinajstić information content (AvgIpc) is 3.79. The molecule has 0 unspecified atom stereocenters. The number of rotatable bonds is 6. The van der Waals surface area contributed by atoms with Crippen molar-refractivity contribution in [3.8, 4) is 0 Å². The fourth-order valence-corrected chi connectivity index (χ4v) is 3.63. The minimum Gasteiger partial charge on any atom is -0.418 e. The monoisotopic (exact) mass is 838 g/mol. The quantitative estimate of drug-likeness (QED) is 0.157. The Hall–Kier alpha value is -3.81. The van der Waals surface area contributed by atoms with Gasteiger partial charge in [-0.15, -0.1) is 0 Å². The minimum atomic E-state index is -6.00. The Labute approximate surface area is 288 Å². The first-order valence-corrected chi connectivity index (χ1v) is 12.4. The Kier molecular flexibility index (Phi) is 17.2. The van der Waals surface area contributed by atoms with Gasteiger partial charge < -0.3 is 34.5 Å². The topological polar surface area (TPSA) is 97.1 Å². The van der Waals surface area contributed by atoms with Gasteiger partial charge >= 0.3 is 59.3 Å². The van der Waals surface area contributed by atoms with E-state index in [1.165, 1.54) is 0 Å². The Bertz CT molecular complexity index is 1360. The predicted molar refractivity (Wildman–Crippen MR) is 145 cm³/mol. The van der Waals surface area contributed by atoms with Gasteiger partial charge in [-0.3, -0.25) is 9.97 Å². The Morgan fingerprint density at radius 1 is 0.413 bits per heavy atom. The van der Waals surface area contributed by atoms with Crippen molar-refractivity contribution < 1.29 is 79.3 Å². The summed E-state index contributed by atoms with van der Waals surface area (Å²) in [7, 11) is -12.0. The van der Waals surface area contributed by atoms with Crippen LogP contribution >= 0.6 is 0 Å². The zero-order valence-corrected chi connectivity index (χ0v) is 25.9. The fraction of sp³-hybridized carbons (Fsp3) is 0.0833. The van der Waals surface area contributed by atoms with Crippen LogP contribution in [0.3, 0.4) is 0 Å². The molecular weight excluding hydrogens is 818 g/mol. The van der Waals surface area contributed by atoms with E-state index in [1.807, 2.05) is 92.0 Å². The summed E-state index contributed by atoms with van der Waals surface area (Å²) < 4.78 is 85.5. The van der Waals surface area contributed by atoms with Crippen LogP contribution in [0, 0.1) is 0 Å². The molecular formula is C24H22Ag2B2F8N10. The molecule has 0 saturated carbocycles. The molecule has 6 heterocycles. The summed E-state index contributed by atoms with van der Waals surface area (Å²) >= 11 is 0. The third kappa shape index (κ3) is 15.0. The van der Waals surface area contributed by atoms with Crippen molar-refractivity contribution in [2.45, 2.75) is 12.3 Å². The standard InChI is InChI=1S/2C12H11N5.2Ag.2BF4/c2*1-5-14-16(9-1)12(17-10-2-6-15-17)11-3-7-13-8-4-11;;;2*2-1(3,4)5/h2*1-10,12H;;;;/q;;2*+1;2*-1. The second-order valence-corrected chi connectivity index (χ2v) is 8.24. The molecule has 0 aliphatic carbocycles. The first-order valence-electron chi connectivity index (χ1n) is 12.4. The van der Waals surface area contributed by atoms with Crippen LogP contribution in [-0.2, 0) is 44.8 Å². The molecule has 6 aromatic heterocycles. The van der Waals surface area contributed by atoms with Gasteiger partial charge in [-0.05, 0) is 48.5 Å². The summed E-state index contributed by atoms with van der Waals surface area (Å²) in [6, 6.07) is 15.5. The molecule has 6 aromatic rings. The number of halogens is 8. The van der Waals surface area contributed by atoms with E-state index in [4.69, 9.17) is 0 Å². The van der Waals surface area contributed by atoms with E-state index in [9.17, 15) is 34.5 Å². The van der Waals surface area contributed by atoms with E-state index in [1.54, 1.807) is 49.6 Å². The van der Waals surface area contributed by atoms with Gasteiger partial charge in [0.15, 0.2) is 12.3 Å². The largest absolute Gasteiger partial charge is 1.00 e. The SMILES string of the molecule is F[B-](F)(F)F.F[B-](F)(F)F.[Ag+].[Ag+].c1cnn(C(c2ccncc2)n2cccn2)c1.c1cnn(C(c2ccncc2)n2cccn2)c1. The van der Waals surface area contributed by atoms with Crippen LogP contribution in [0.25, 0.3) is 0 Å². The summed E-state index contributed by atoms with van der Waals surface area (Å²) in [5.74, 6) is 0. The Morgan fingerprint density at radius 3 is 0.804 bits per heavy atom. The van der Waals surface area contributed by atoms with Gasteiger partial charge in [0.05, 0.1) is 0 Å². The van der Waals surface area contributed by atoms with Crippen molar-refractivity contribution in [2.24, 2.45) is 0 Å². The first-order chi connectivity index (χ1) is 20.9. The molecule has 0 amide bonds. The zero-order chi connectivity index (χ0) is 32.0. The number of pyridine rings is 2. The summed E-state index contributed by atoms with van der Waals surface area (Å²) in [5.41, 5.74) is 2.18. The zero-order valence-electron chi connectivity index (χ0n) is 23.0. The molecule has 10 nitrogen and oxygen atoms in total. The van der Waals surface area contributed by atoms with E-state index in [0.29, 0.717) is 0 Å². The van der Waals surface area contributed by atoms with Crippen molar-refractivity contribution in [3.63, 3.8) is 0 Å². The van der Waals surface area contributed by atoms with Crippen LogP contribution in [-0.4, -0.2) is 63.6 Å². The molecule has 0 radical (unpaired) electrons. The van der Waals surface area contributed by atoms with Gasteiger partial charge in [-0.1, -0.05) is 0 Å². The maximum atomic E-state index is 9.75. The molecule has 0 aromatic carbocycles. The van der Waals surface area contributed by atoms with Crippen LogP contribution < -0.4 is 0 Å². The molecule has 0 atom stereocenters. The molecule has 0 saturated heterocycles. The van der Waals surface area contributed by atoms with Crippen LogP contribution in [0.4, 0.5) is 34.5 Å². The van der Waals surface area contributed by atoms with Gasteiger partial charge in [0.2, 0.25) is 0 Å². The molecule has 46 heavy (non-hydrogen) atoms. The van der Waals surface area contributed by atoms with Crippen molar-refractivity contribution in [1.82, 2.24) is 49.1 Å². The average molecular weight is 840 g/mol. The third-order valence-corrected chi connectivity index (χ3v) is 5.11. The van der Waals surface area contributed by atoms with Gasteiger partial charge in [-0.2, -0.15) is 20.4 Å². The van der Waals surface area contributed by atoms with E-state index >= 15 is 0 Å². The molecule has 0 bridgehead atoms. The molecule has 0 aliphatic heterocycles. The Balaban J connectivity index is 0.000000346. The van der Waals surface area contributed by atoms with Crippen LogP contribution in [0.1, 0.15) is 23.5 Å². The number of hydrogen-bond acceptors (Lipinski definition) is 6. The molecule has 0 fully saturated rings. The van der Waals surface area contributed by atoms with Crippen LogP contribution in [0.15, 0.2) is 123 Å². The molecule has 0 N–H and O–H groups in total. The third-order valence-electron chi connectivity index (χ3n) is 5.11. The molecule has 0 spiro atoms. The maximum Gasteiger partial charge on any atom is 1.00 e. The van der Waals surface area contributed by atoms with E-state index in [2.05, 4.69) is 30.4 Å². The molecule has 22 heteroatoms. The number of nitrogens with zero attached hydrogens (tertiary/aromatic N) is 10. The molecule has 6 rings (SSSR count). The van der Waals surface area contributed by atoms with E-state index in [-0.39, 0.29) is 57.1 Å². The van der Waals surface area contributed by atoms with Gasteiger partial charge in [-0.25, -0.2) is 18.7 Å². The van der Waals surface area contributed by atoms with Crippen LogP contribution in [0.2, 0.25) is 0 Å². The summed E-state index contributed by atoms with van der Waals surface area (Å²) in [5, 5.41) is 17.1. The minimum absolute atomic E-state index is 0. The van der Waals surface area contributed by atoms with E-state index < -0.39 is 14.5 Å². The summed E-state index contributed by atoms with van der Waals surface area (Å²) in [4.78, 5) is 8.06. The second-order valence-electron chi connectivity index (χ2n) is 8.24. The Morgan fingerprint density at radius 2 is 0.630 bits per heavy atom.